The lowest BCUT2D eigenvalue weighted by Crippen LogP contribution is -2.26. The zero-order valence-electron chi connectivity index (χ0n) is 7.38. The van der Waals surface area contributed by atoms with Crippen LogP contribution in [-0.4, -0.2) is 27.7 Å². The second kappa shape index (κ2) is 3.79. The van der Waals surface area contributed by atoms with Crippen LogP contribution in [-0.2, 0) is 4.79 Å². The lowest BCUT2D eigenvalue weighted by Gasteiger charge is -1.96. The highest BCUT2D eigenvalue weighted by Gasteiger charge is 2.23. The van der Waals surface area contributed by atoms with Crippen molar-refractivity contribution in [3.8, 4) is 0 Å². The van der Waals surface area contributed by atoms with Gasteiger partial charge in [0.15, 0.2) is 0 Å². The highest BCUT2D eigenvalue weighted by molar-refractivity contribution is 8.14. The molecule has 1 aromatic heterocycles. The third-order valence-electron chi connectivity index (χ3n) is 1.91. The Bertz CT molecular complexity index is 377. The van der Waals surface area contributed by atoms with E-state index in [0.717, 1.165) is 10.6 Å². The number of amides is 1. The van der Waals surface area contributed by atoms with E-state index in [1.165, 1.54) is 0 Å². The molecule has 4 nitrogen and oxygen atoms in total. The van der Waals surface area contributed by atoms with E-state index in [9.17, 15) is 4.79 Å². The standard InChI is InChI=1S/C9H9N3OS/c10-8(13)7-5-14-9(12-7)6-1-3-11-4-2-6/h1-4,7H,5H2,(H2,10,13). The minimum atomic E-state index is -0.372. The van der Waals surface area contributed by atoms with Gasteiger partial charge in [-0.25, -0.2) is 0 Å². The number of carbonyl (C=O) groups excluding carboxylic acids is 1. The fourth-order valence-corrected chi connectivity index (χ4v) is 2.23. The minimum Gasteiger partial charge on any atom is -0.368 e. The van der Waals surface area contributed by atoms with E-state index in [0.29, 0.717) is 5.75 Å². The molecular weight excluding hydrogens is 198 g/mol. The number of hydrogen-bond donors (Lipinski definition) is 1. The Morgan fingerprint density at radius 2 is 2.21 bits per heavy atom. The number of carbonyl (C=O) groups is 1. The van der Waals surface area contributed by atoms with Gasteiger partial charge in [0.1, 0.15) is 6.04 Å². The molecule has 1 amide bonds. The van der Waals surface area contributed by atoms with Crippen molar-refractivity contribution in [2.45, 2.75) is 6.04 Å². The molecule has 14 heavy (non-hydrogen) atoms. The van der Waals surface area contributed by atoms with Crippen LogP contribution in [0.5, 0.6) is 0 Å². The summed E-state index contributed by atoms with van der Waals surface area (Å²) in [7, 11) is 0. The van der Waals surface area contributed by atoms with E-state index in [1.807, 2.05) is 12.1 Å². The smallest absolute Gasteiger partial charge is 0.243 e. The zero-order valence-corrected chi connectivity index (χ0v) is 8.20. The van der Waals surface area contributed by atoms with E-state index < -0.39 is 0 Å². The van der Waals surface area contributed by atoms with Crippen LogP contribution in [0.15, 0.2) is 29.5 Å². The SMILES string of the molecule is NC(=O)C1CSC(c2ccncc2)=N1. The number of rotatable bonds is 2. The molecule has 1 aliphatic rings. The van der Waals surface area contributed by atoms with E-state index in [-0.39, 0.29) is 11.9 Å². The molecule has 0 saturated heterocycles. The van der Waals surface area contributed by atoms with Gasteiger partial charge in [-0.2, -0.15) is 0 Å². The monoisotopic (exact) mass is 207 g/mol. The molecule has 0 bridgehead atoms. The molecule has 0 radical (unpaired) electrons. The van der Waals surface area contributed by atoms with Crippen LogP contribution in [0.3, 0.4) is 0 Å². The predicted molar refractivity (Wildman–Crippen MR) is 56.2 cm³/mol. The van der Waals surface area contributed by atoms with Crippen molar-refractivity contribution in [2.24, 2.45) is 10.7 Å². The van der Waals surface area contributed by atoms with Gasteiger partial charge in [-0.15, -0.1) is 11.8 Å². The van der Waals surface area contributed by atoms with Gasteiger partial charge in [0.05, 0.1) is 5.04 Å². The van der Waals surface area contributed by atoms with Gasteiger partial charge in [-0.3, -0.25) is 14.8 Å². The molecule has 2 heterocycles. The molecule has 5 heteroatoms. The molecule has 0 fully saturated rings. The Morgan fingerprint density at radius 3 is 2.79 bits per heavy atom. The van der Waals surface area contributed by atoms with Crippen molar-refractivity contribution < 1.29 is 4.79 Å². The average molecular weight is 207 g/mol. The normalized spacial score (nSPS) is 20.6. The maximum absolute atomic E-state index is 10.9. The fraction of sp³-hybridized carbons (Fsp3) is 0.222. The molecule has 0 saturated carbocycles. The summed E-state index contributed by atoms with van der Waals surface area (Å²) in [6, 6.07) is 3.37. The van der Waals surface area contributed by atoms with Crippen molar-refractivity contribution in [3.63, 3.8) is 0 Å². The number of nitrogens with zero attached hydrogens (tertiary/aromatic N) is 2. The van der Waals surface area contributed by atoms with E-state index >= 15 is 0 Å². The van der Waals surface area contributed by atoms with Crippen LogP contribution in [0, 0.1) is 0 Å². The fourth-order valence-electron chi connectivity index (χ4n) is 1.17. The van der Waals surface area contributed by atoms with Crippen LogP contribution in [0.2, 0.25) is 0 Å². The van der Waals surface area contributed by atoms with Crippen molar-refractivity contribution in [2.75, 3.05) is 5.75 Å². The van der Waals surface area contributed by atoms with Crippen LogP contribution in [0.4, 0.5) is 0 Å². The first-order valence-corrected chi connectivity index (χ1v) is 5.16. The summed E-state index contributed by atoms with van der Waals surface area (Å²) in [5.41, 5.74) is 6.16. The average Bonchev–Trinajstić information content (AvgIpc) is 2.68. The third-order valence-corrected chi connectivity index (χ3v) is 3.00. The van der Waals surface area contributed by atoms with Crippen molar-refractivity contribution in [1.29, 1.82) is 0 Å². The Morgan fingerprint density at radius 1 is 1.50 bits per heavy atom. The molecule has 2 rings (SSSR count). The number of primary amides is 1. The minimum absolute atomic E-state index is 0.360. The zero-order chi connectivity index (χ0) is 9.97. The summed E-state index contributed by atoms with van der Waals surface area (Å²) < 4.78 is 0. The third kappa shape index (κ3) is 1.77. The molecule has 1 aromatic rings. The second-order valence-electron chi connectivity index (χ2n) is 2.90. The highest BCUT2D eigenvalue weighted by atomic mass is 32.2. The van der Waals surface area contributed by atoms with Gasteiger partial charge in [0.25, 0.3) is 0 Å². The van der Waals surface area contributed by atoms with Crippen LogP contribution in [0.25, 0.3) is 0 Å². The second-order valence-corrected chi connectivity index (χ2v) is 3.91. The number of aliphatic imine (C=N–C) groups is 1. The number of thioether (sulfide) groups is 1. The maximum Gasteiger partial charge on any atom is 0.243 e. The Kier molecular flexibility index (Phi) is 2.49. The van der Waals surface area contributed by atoms with Gasteiger partial charge in [-0.05, 0) is 12.1 Å². The first-order chi connectivity index (χ1) is 6.77. The first-order valence-electron chi connectivity index (χ1n) is 4.17. The van der Waals surface area contributed by atoms with Gasteiger partial charge in [-0.1, -0.05) is 0 Å². The summed E-state index contributed by atoms with van der Waals surface area (Å²) >= 11 is 1.55. The Hall–Kier alpha value is -1.36. The van der Waals surface area contributed by atoms with Crippen molar-refractivity contribution in [3.05, 3.63) is 30.1 Å². The largest absolute Gasteiger partial charge is 0.368 e. The van der Waals surface area contributed by atoms with Crippen LogP contribution in [0.1, 0.15) is 5.56 Å². The highest BCUT2D eigenvalue weighted by Crippen LogP contribution is 2.22. The number of aromatic nitrogens is 1. The summed E-state index contributed by atoms with van der Waals surface area (Å²) in [4.78, 5) is 19.0. The predicted octanol–water partition coefficient (Wildman–Crippen LogP) is 0.429. The van der Waals surface area contributed by atoms with Gasteiger partial charge < -0.3 is 5.73 Å². The topological polar surface area (TPSA) is 68.3 Å². The van der Waals surface area contributed by atoms with Crippen LogP contribution >= 0.6 is 11.8 Å². The summed E-state index contributed by atoms with van der Waals surface area (Å²) in [5, 5.41) is 0.871. The molecule has 2 N–H and O–H groups in total. The molecule has 0 aromatic carbocycles. The van der Waals surface area contributed by atoms with E-state index in [1.54, 1.807) is 24.2 Å². The molecule has 1 unspecified atom stereocenters. The molecule has 72 valence electrons. The van der Waals surface area contributed by atoms with E-state index in [4.69, 9.17) is 5.73 Å². The first kappa shape index (κ1) is 9.21. The van der Waals surface area contributed by atoms with Gasteiger partial charge in [0.2, 0.25) is 5.91 Å². The number of hydrogen-bond acceptors (Lipinski definition) is 4. The lowest BCUT2D eigenvalue weighted by molar-refractivity contribution is -0.118. The van der Waals surface area contributed by atoms with E-state index in [2.05, 4.69) is 9.98 Å². The summed E-state index contributed by atoms with van der Waals surface area (Å²) in [5.74, 6) is 0.286. The van der Waals surface area contributed by atoms with Gasteiger partial charge in [0, 0.05) is 23.7 Å². The molecule has 0 spiro atoms. The summed E-state index contributed by atoms with van der Waals surface area (Å²) in [6.45, 7) is 0. The quantitative estimate of drug-likeness (QED) is 0.764. The lowest BCUT2D eigenvalue weighted by atomic mass is 10.3. The van der Waals surface area contributed by atoms with Gasteiger partial charge >= 0.3 is 0 Å². The Labute approximate surface area is 85.6 Å². The molecular formula is C9H9N3OS. The molecule has 1 atom stereocenters. The van der Waals surface area contributed by atoms with Crippen LogP contribution < -0.4 is 5.73 Å². The molecule has 1 aliphatic heterocycles. The summed E-state index contributed by atoms with van der Waals surface area (Å²) in [6.07, 6.45) is 3.41. The molecule has 0 aliphatic carbocycles. The Balaban J connectivity index is 2.22. The number of nitrogens with two attached hydrogens (primary N) is 1. The maximum atomic E-state index is 10.9. The van der Waals surface area contributed by atoms with Crippen molar-refractivity contribution >= 4 is 22.7 Å². The number of pyridine rings is 1. The van der Waals surface area contributed by atoms with Crippen molar-refractivity contribution in [1.82, 2.24) is 4.98 Å².